The zero-order valence-corrected chi connectivity index (χ0v) is 11.0. The number of hydrogen-bond donors (Lipinski definition) is 1. The number of ether oxygens (including phenoxy) is 1. The summed E-state index contributed by atoms with van der Waals surface area (Å²) in [4.78, 5) is 0. The molecule has 0 saturated carbocycles. The Morgan fingerprint density at radius 2 is 2.44 bits per heavy atom. The van der Waals surface area contributed by atoms with Crippen molar-refractivity contribution in [2.75, 3.05) is 13.7 Å². The first-order chi connectivity index (χ1) is 7.70. The molecule has 16 heavy (non-hydrogen) atoms. The van der Waals surface area contributed by atoms with Crippen molar-refractivity contribution in [3.63, 3.8) is 0 Å². The first kappa shape index (κ1) is 11.7. The van der Waals surface area contributed by atoms with Crippen LogP contribution >= 0.6 is 15.9 Å². The Hall–Kier alpha value is -0.800. The van der Waals surface area contributed by atoms with Crippen LogP contribution in [0.1, 0.15) is 23.6 Å². The van der Waals surface area contributed by atoms with Crippen LogP contribution in [0, 0.1) is 0 Å². The van der Waals surface area contributed by atoms with Gasteiger partial charge in [-0.15, -0.1) is 0 Å². The minimum atomic E-state index is 0.509. The molecule has 2 nitrogen and oxygen atoms in total. The van der Waals surface area contributed by atoms with Crippen LogP contribution in [0.15, 0.2) is 29.3 Å². The molecule has 0 spiro atoms. The van der Waals surface area contributed by atoms with Gasteiger partial charge in [0.25, 0.3) is 0 Å². The van der Waals surface area contributed by atoms with Gasteiger partial charge in [-0.2, -0.15) is 0 Å². The second-order valence-corrected chi connectivity index (χ2v) is 5.17. The van der Waals surface area contributed by atoms with Crippen LogP contribution in [-0.4, -0.2) is 13.7 Å². The zero-order chi connectivity index (χ0) is 11.5. The lowest BCUT2D eigenvalue weighted by atomic mass is 10.1. The summed E-state index contributed by atoms with van der Waals surface area (Å²) in [5, 5.41) is 3.33. The minimum Gasteiger partial charge on any atom is -0.488 e. The molecular formula is C13H16BrNO. The molecule has 0 aromatic heterocycles. The van der Waals surface area contributed by atoms with Crippen molar-refractivity contribution >= 4 is 15.9 Å². The van der Waals surface area contributed by atoms with Crippen molar-refractivity contribution in [3.8, 4) is 5.75 Å². The lowest BCUT2D eigenvalue weighted by Gasteiger charge is -2.11. The first-order valence-electron chi connectivity index (χ1n) is 5.47. The maximum Gasteiger partial charge on any atom is 0.120 e. The quantitative estimate of drug-likeness (QED) is 0.915. The highest BCUT2D eigenvalue weighted by Gasteiger charge is 2.20. The highest BCUT2D eigenvalue weighted by molar-refractivity contribution is 9.11. The standard InChI is InChI=1S/C13H16BrNO/c1-9(14)8-16-11-4-5-12-10(7-11)3-6-13(12)15-2/h4-5,7,13,15H,1,3,6,8H2,2H3. The fraction of sp³-hybridized carbons (Fsp3) is 0.385. The number of rotatable bonds is 4. The van der Waals surface area contributed by atoms with E-state index in [-0.39, 0.29) is 0 Å². The van der Waals surface area contributed by atoms with E-state index >= 15 is 0 Å². The van der Waals surface area contributed by atoms with Gasteiger partial charge in [0.15, 0.2) is 0 Å². The molecule has 1 aliphatic carbocycles. The number of halogens is 1. The molecule has 0 saturated heterocycles. The van der Waals surface area contributed by atoms with Crippen LogP contribution in [0.2, 0.25) is 0 Å². The van der Waals surface area contributed by atoms with E-state index in [4.69, 9.17) is 4.74 Å². The molecule has 0 heterocycles. The van der Waals surface area contributed by atoms with Crippen molar-refractivity contribution in [2.24, 2.45) is 0 Å². The molecule has 1 atom stereocenters. The average Bonchev–Trinajstić information content (AvgIpc) is 2.68. The van der Waals surface area contributed by atoms with E-state index in [0.29, 0.717) is 12.6 Å². The number of nitrogens with one attached hydrogen (secondary N) is 1. The van der Waals surface area contributed by atoms with E-state index in [1.165, 1.54) is 17.5 Å². The van der Waals surface area contributed by atoms with Gasteiger partial charge in [-0.1, -0.05) is 28.6 Å². The maximum atomic E-state index is 5.59. The van der Waals surface area contributed by atoms with Gasteiger partial charge in [0.2, 0.25) is 0 Å². The third-order valence-corrected chi connectivity index (χ3v) is 3.17. The van der Waals surface area contributed by atoms with Gasteiger partial charge in [-0.3, -0.25) is 0 Å². The van der Waals surface area contributed by atoms with Crippen molar-refractivity contribution < 1.29 is 4.74 Å². The van der Waals surface area contributed by atoms with Gasteiger partial charge in [0, 0.05) is 10.5 Å². The second kappa shape index (κ2) is 5.02. The third kappa shape index (κ3) is 2.47. The summed E-state index contributed by atoms with van der Waals surface area (Å²) in [5.74, 6) is 0.927. The number of hydrogen-bond acceptors (Lipinski definition) is 2. The summed E-state index contributed by atoms with van der Waals surface area (Å²) in [6.45, 7) is 4.27. The normalized spacial score (nSPS) is 18.2. The predicted molar refractivity (Wildman–Crippen MR) is 70.1 cm³/mol. The van der Waals surface area contributed by atoms with Crippen molar-refractivity contribution in [3.05, 3.63) is 40.4 Å². The molecule has 3 heteroatoms. The summed E-state index contributed by atoms with van der Waals surface area (Å²) < 4.78 is 6.46. The third-order valence-electron chi connectivity index (χ3n) is 2.94. The lowest BCUT2D eigenvalue weighted by Crippen LogP contribution is -2.12. The Labute approximate surface area is 105 Å². The van der Waals surface area contributed by atoms with Crippen molar-refractivity contribution in [1.82, 2.24) is 5.32 Å². The topological polar surface area (TPSA) is 21.3 Å². The van der Waals surface area contributed by atoms with Gasteiger partial charge in [-0.25, -0.2) is 0 Å². The van der Waals surface area contributed by atoms with E-state index < -0.39 is 0 Å². The Balaban J connectivity index is 2.12. The molecule has 1 unspecified atom stereocenters. The predicted octanol–water partition coefficient (Wildman–Crippen LogP) is 3.18. The summed E-state index contributed by atoms with van der Waals surface area (Å²) in [5.41, 5.74) is 2.81. The lowest BCUT2D eigenvalue weighted by molar-refractivity contribution is 0.360. The molecule has 1 aliphatic rings. The molecular weight excluding hydrogens is 266 g/mol. The second-order valence-electron chi connectivity index (χ2n) is 4.05. The van der Waals surface area contributed by atoms with E-state index in [2.05, 4.69) is 40.0 Å². The summed E-state index contributed by atoms with van der Waals surface area (Å²) in [7, 11) is 2.01. The minimum absolute atomic E-state index is 0.509. The maximum absolute atomic E-state index is 5.59. The number of fused-ring (bicyclic) bond motifs is 1. The zero-order valence-electron chi connectivity index (χ0n) is 9.42. The summed E-state index contributed by atoms with van der Waals surface area (Å²) >= 11 is 3.29. The average molecular weight is 282 g/mol. The Morgan fingerprint density at radius 1 is 1.62 bits per heavy atom. The molecule has 0 fully saturated rings. The van der Waals surface area contributed by atoms with E-state index in [1.54, 1.807) is 0 Å². The fourth-order valence-electron chi connectivity index (χ4n) is 2.15. The number of benzene rings is 1. The Morgan fingerprint density at radius 3 is 3.12 bits per heavy atom. The largest absolute Gasteiger partial charge is 0.488 e. The van der Waals surface area contributed by atoms with Crippen LogP contribution < -0.4 is 10.1 Å². The van der Waals surface area contributed by atoms with Crippen molar-refractivity contribution in [2.45, 2.75) is 18.9 Å². The SMILES string of the molecule is C=C(Br)COc1ccc2c(c1)CCC2NC. The van der Waals surface area contributed by atoms with Gasteiger partial charge < -0.3 is 10.1 Å². The number of aryl methyl sites for hydroxylation is 1. The molecule has 0 radical (unpaired) electrons. The summed E-state index contributed by atoms with van der Waals surface area (Å²) in [6.07, 6.45) is 2.31. The van der Waals surface area contributed by atoms with Crippen LogP contribution in [0.5, 0.6) is 5.75 Å². The van der Waals surface area contributed by atoms with Gasteiger partial charge in [0.05, 0.1) is 0 Å². The van der Waals surface area contributed by atoms with Crippen LogP contribution in [0.25, 0.3) is 0 Å². The molecule has 86 valence electrons. The van der Waals surface area contributed by atoms with Gasteiger partial charge in [-0.05, 0) is 43.1 Å². The van der Waals surface area contributed by atoms with E-state index in [0.717, 1.165) is 16.7 Å². The fourth-order valence-corrected chi connectivity index (χ4v) is 2.26. The van der Waals surface area contributed by atoms with E-state index in [1.807, 2.05) is 13.1 Å². The highest BCUT2D eigenvalue weighted by Crippen LogP contribution is 2.33. The highest BCUT2D eigenvalue weighted by atomic mass is 79.9. The van der Waals surface area contributed by atoms with Crippen LogP contribution in [0.4, 0.5) is 0 Å². The van der Waals surface area contributed by atoms with E-state index in [9.17, 15) is 0 Å². The monoisotopic (exact) mass is 281 g/mol. The molecule has 0 amide bonds. The Bertz CT molecular complexity index is 403. The van der Waals surface area contributed by atoms with Gasteiger partial charge >= 0.3 is 0 Å². The van der Waals surface area contributed by atoms with Crippen LogP contribution in [-0.2, 0) is 6.42 Å². The summed E-state index contributed by atoms with van der Waals surface area (Å²) in [6, 6.07) is 6.85. The molecule has 1 aromatic carbocycles. The molecule has 0 aliphatic heterocycles. The molecule has 2 rings (SSSR count). The molecule has 1 aromatic rings. The molecule has 0 bridgehead atoms. The molecule has 1 N–H and O–H groups in total. The Kier molecular flexibility index (Phi) is 3.66. The van der Waals surface area contributed by atoms with Crippen LogP contribution in [0.3, 0.4) is 0 Å². The first-order valence-corrected chi connectivity index (χ1v) is 6.26. The van der Waals surface area contributed by atoms with Crippen molar-refractivity contribution in [1.29, 1.82) is 0 Å². The van der Waals surface area contributed by atoms with Gasteiger partial charge in [0.1, 0.15) is 12.4 Å². The smallest absolute Gasteiger partial charge is 0.120 e.